The zero-order valence-electron chi connectivity index (χ0n) is 18.9. The molecule has 0 bridgehead atoms. The van der Waals surface area contributed by atoms with Crippen LogP contribution in [-0.2, 0) is 21.9 Å². The highest BCUT2D eigenvalue weighted by Crippen LogP contribution is 2.20. The van der Waals surface area contributed by atoms with E-state index in [4.69, 9.17) is 0 Å². The summed E-state index contributed by atoms with van der Waals surface area (Å²) >= 11 is 1.61. The molecule has 0 radical (unpaired) electrons. The maximum Gasteiger partial charge on any atom is 0.242 e. The molecule has 2 aromatic rings. The maximum absolute atomic E-state index is 13.2. The van der Waals surface area contributed by atoms with Crippen LogP contribution in [0.5, 0.6) is 0 Å². The second-order valence-corrected chi connectivity index (χ2v) is 9.58. The molecule has 2 aromatic carbocycles. The van der Waals surface area contributed by atoms with Crippen LogP contribution < -0.4 is 5.32 Å². The van der Waals surface area contributed by atoms with Crippen molar-refractivity contribution in [2.24, 2.45) is 0 Å². The lowest BCUT2D eigenvalue weighted by molar-refractivity contribution is -0.138. The number of carbonyl (C=O) groups is 2. The summed E-state index contributed by atoms with van der Waals surface area (Å²) in [6, 6.07) is 16.2. The van der Waals surface area contributed by atoms with Gasteiger partial charge in [-0.2, -0.15) is 0 Å². The molecule has 0 saturated heterocycles. The van der Waals surface area contributed by atoms with E-state index >= 15 is 0 Å². The molecule has 166 valence electrons. The van der Waals surface area contributed by atoms with E-state index in [1.807, 2.05) is 44.2 Å². The molecule has 0 spiro atoms. The topological polar surface area (TPSA) is 49.4 Å². The van der Waals surface area contributed by atoms with Crippen molar-refractivity contribution < 1.29 is 9.59 Å². The maximum atomic E-state index is 13.2. The predicted octanol–water partition coefficient (Wildman–Crippen LogP) is 5.01. The fourth-order valence-electron chi connectivity index (χ4n) is 4.09. The Morgan fingerprint density at radius 1 is 1.10 bits per heavy atom. The number of hydrogen-bond acceptors (Lipinski definition) is 3. The van der Waals surface area contributed by atoms with E-state index in [9.17, 15) is 9.59 Å². The van der Waals surface area contributed by atoms with Crippen molar-refractivity contribution in [3.8, 4) is 0 Å². The van der Waals surface area contributed by atoms with Gasteiger partial charge in [-0.25, -0.2) is 0 Å². The smallest absolute Gasteiger partial charge is 0.242 e. The summed E-state index contributed by atoms with van der Waals surface area (Å²) in [6.45, 7) is 6.44. The van der Waals surface area contributed by atoms with Gasteiger partial charge in [0.2, 0.25) is 11.8 Å². The number of thioether (sulfide) groups is 1. The van der Waals surface area contributed by atoms with Gasteiger partial charge in [-0.15, -0.1) is 11.8 Å². The van der Waals surface area contributed by atoms with Gasteiger partial charge in [0.05, 0.1) is 5.75 Å². The van der Waals surface area contributed by atoms with E-state index in [0.29, 0.717) is 12.3 Å². The van der Waals surface area contributed by atoms with Crippen LogP contribution in [0, 0.1) is 13.8 Å². The minimum Gasteiger partial charge on any atom is -0.352 e. The number of aryl methyl sites for hydroxylation is 2. The van der Waals surface area contributed by atoms with Crippen LogP contribution in [0.2, 0.25) is 0 Å². The Morgan fingerprint density at radius 2 is 1.84 bits per heavy atom. The van der Waals surface area contributed by atoms with Gasteiger partial charge in [-0.3, -0.25) is 9.59 Å². The Hall–Kier alpha value is -2.27. The monoisotopic (exact) mass is 438 g/mol. The van der Waals surface area contributed by atoms with Crippen molar-refractivity contribution in [3.63, 3.8) is 0 Å². The van der Waals surface area contributed by atoms with Crippen molar-refractivity contribution in [2.45, 2.75) is 70.8 Å². The zero-order valence-corrected chi connectivity index (χ0v) is 19.7. The first-order valence-corrected chi connectivity index (χ1v) is 12.4. The minimum absolute atomic E-state index is 0.00848. The van der Waals surface area contributed by atoms with E-state index in [1.54, 1.807) is 16.7 Å². The normalized spacial score (nSPS) is 14.9. The molecule has 1 saturated carbocycles. The molecule has 1 fully saturated rings. The Kier molecular flexibility index (Phi) is 8.59. The van der Waals surface area contributed by atoms with Gasteiger partial charge in [0.25, 0.3) is 0 Å². The van der Waals surface area contributed by atoms with Gasteiger partial charge in [-0.05, 0) is 50.3 Å². The second-order valence-electron chi connectivity index (χ2n) is 8.60. The van der Waals surface area contributed by atoms with E-state index < -0.39 is 6.04 Å². The average Bonchev–Trinajstić information content (AvgIpc) is 3.26. The molecule has 1 unspecified atom stereocenters. The largest absolute Gasteiger partial charge is 0.352 e. The molecule has 0 heterocycles. The molecular formula is C26H34N2O2S. The van der Waals surface area contributed by atoms with Crippen LogP contribution in [0.15, 0.2) is 48.5 Å². The lowest BCUT2D eigenvalue weighted by atomic mass is 10.1. The first kappa shape index (κ1) is 23.4. The van der Waals surface area contributed by atoms with E-state index in [2.05, 4.69) is 30.4 Å². The van der Waals surface area contributed by atoms with Gasteiger partial charge >= 0.3 is 0 Å². The van der Waals surface area contributed by atoms with Crippen molar-refractivity contribution >= 4 is 23.6 Å². The van der Waals surface area contributed by atoms with Crippen molar-refractivity contribution in [3.05, 3.63) is 70.8 Å². The molecule has 3 rings (SSSR count). The number of carbonyl (C=O) groups excluding carboxylic acids is 2. The van der Waals surface area contributed by atoms with Crippen LogP contribution in [0.1, 0.15) is 54.9 Å². The molecule has 2 amide bonds. The van der Waals surface area contributed by atoms with Crippen molar-refractivity contribution in [1.82, 2.24) is 10.2 Å². The lowest BCUT2D eigenvalue weighted by Gasteiger charge is -2.30. The molecule has 0 aliphatic heterocycles. The number of rotatable bonds is 9. The molecule has 1 atom stereocenters. The molecule has 1 aliphatic rings. The Labute approximate surface area is 190 Å². The zero-order chi connectivity index (χ0) is 22.2. The summed E-state index contributed by atoms with van der Waals surface area (Å²) in [7, 11) is 0. The molecule has 0 aromatic heterocycles. The first-order valence-electron chi connectivity index (χ1n) is 11.2. The molecule has 1 N–H and O–H groups in total. The number of amides is 2. The van der Waals surface area contributed by atoms with Gasteiger partial charge in [0.1, 0.15) is 6.04 Å². The first-order chi connectivity index (χ1) is 14.9. The highest BCUT2D eigenvalue weighted by Gasteiger charge is 2.28. The Morgan fingerprint density at radius 3 is 2.55 bits per heavy atom. The van der Waals surface area contributed by atoms with Crippen LogP contribution in [0.25, 0.3) is 0 Å². The third-order valence-electron chi connectivity index (χ3n) is 6.05. The molecule has 31 heavy (non-hydrogen) atoms. The highest BCUT2D eigenvalue weighted by molar-refractivity contribution is 7.99. The molecule has 4 nitrogen and oxygen atoms in total. The quantitative estimate of drug-likeness (QED) is 0.598. The van der Waals surface area contributed by atoms with Crippen molar-refractivity contribution in [2.75, 3.05) is 5.75 Å². The van der Waals surface area contributed by atoms with E-state index in [-0.39, 0.29) is 17.9 Å². The van der Waals surface area contributed by atoms with Crippen molar-refractivity contribution in [1.29, 1.82) is 0 Å². The third kappa shape index (κ3) is 6.86. The molecule has 1 aliphatic carbocycles. The summed E-state index contributed by atoms with van der Waals surface area (Å²) in [5.41, 5.74) is 4.69. The van der Waals surface area contributed by atoms with E-state index in [1.165, 1.54) is 24.0 Å². The van der Waals surface area contributed by atoms with Gasteiger partial charge in [0, 0.05) is 18.3 Å². The average molecular weight is 439 g/mol. The number of benzene rings is 2. The standard InChI is InChI=1S/C26H34N2O2S/c1-19-9-8-11-22(15-19)16-28(21(3)26(30)27-24-13-6-7-14-24)25(29)18-31-17-23-12-5-4-10-20(23)2/h4-5,8-12,15,21,24H,6-7,13-14,16-18H2,1-3H3,(H,27,30). The summed E-state index contributed by atoms with van der Waals surface area (Å²) in [4.78, 5) is 27.9. The van der Waals surface area contributed by atoms with Gasteiger partial charge in [-0.1, -0.05) is 66.9 Å². The van der Waals surface area contributed by atoms with Crippen LogP contribution in [-0.4, -0.2) is 34.6 Å². The summed E-state index contributed by atoms with van der Waals surface area (Å²) < 4.78 is 0. The lowest BCUT2D eigenvalue weighted by Crippen LogP contribution is -2.50. The fraction of sp³-hybridized carbons (Fsp3) is 0.462. The number of nitrogens with zero attached hydrogens (tertiary/aromatic N) is 1. The summed E-state index contributed by atoms with van der Waals surface area (Å²) in [6.07, 6.45) is 4.41. The summed E-state index contributed by atoms with van der Waals surface area (Å²) in [5.74, 6) is 1.12. The second kappa shape index (κ2) is 11.4. The van der Waals surface area contributed by atoms with Crippen LogP contribution in [0.4, 0.5) is 0 Å². The third-order valence-corrected chi connectivity index (χ3v) is 7.01. The summed E-state index contributed by atoms with van der Waals surface area (Å²) in [5, 5.41) is 3.16. The molecular weight excluding hydrogens is 404 g/mol. The van der Waals surface area contributed by atoms with Crippen LogP contribution in [0.3, 0.4) is 0 Å². The van der Waals surface area contributed by atoms with Gasteiger partial charge in [0.15, 0.2) is 0 Å². The minimum atomic E-state index is -0.493. The SMILES string of the molecule is Cc1cccc(CN(C(=O)CSCc2ccccc2C)C(C)C(=O)NC2CCCC2)c1. The number of nitrogens with one attached hydrogen (secondary N) is 1. The Bertz CT molecular complexity index is 892. The van der Waals surface area contributed by atoms with Gasteiger partial charge < -0.3 is 10.2 Å². The predicted molar refractivity (Wildman–Crippen MR) is 129 cm³/mol. The molecule has 5 heteroatoms. The van der Waals surface area contributed by atoms with E-state index in [0.717, 1.165) is 29.7 Å². The Balaban J connectivity index is 1.66. The number of hydrogen-bond donors (Lipinski definition) is 1. The highest BCUT2D eigenvalue weighted by atomic mass is 32.2. The van der Waals surface area contributed by atoms with Crippen LogP contribution >= 0.6 is 11.8 Å². The fourth-order valence-corrected chi connectivity index (χ4v) is 5.07.